The van der Waals surface area contributed by atoms with Gasteiger partial charge in [-0.3, -0.25) is 25.8 Å². The normalized spacial score (nSPS) is 36.7. The minimum Gasteiger partial charge on any atom is -0.389 e. The highest BCUT2D eigenvalue weighted by Crippen LogP contribution is 2.35. The van der Waals surface area contributed by atoms with E-state index in [-0.39, 0.29) is 48.9 Å². The molecule has 11 heteroatoms. The highest BCUT2D eigenvalue weighted by atomic mass is 19.1. The molecule has 4 saturated heterocycles. The summed E-state index contributed by atoms with van der Waals surface area (Å²) in [6.07, 6.45) is 8.85. The molecule has 10 nitrogen and oxygen atoms in total. The summed E-state index contributed by atoms with van der Waals surface area (Å²) >= 11 is 0. The molecule has 42 heavy (non-hydrogen) atoms. The molecule has 2 aromatic rings. The van der Waals surface area contributed by atoms with Gasteiger partial charge in [0.25, 0.3) is 0 Å². The van der Waals surface area contributed by atoms with Crippen LogP contribution in [-0.4, -0.2) is 94.0 Å². The van der Waals surface area contributed by atoms with Gasteiger partial charge in [0.05, 0.1) is 30.4 Å². The minimum absolute atomic E-state index is 0.0754. The first-order chi connectivity index (χ1) is 20.3. The predicted octanol–water partition coefficient (Wildman–Crippen LogP) is 2.66. The summed E-state index contributed by atoms with van der Waals surface area (Å²) in [6, 6.07) is 9.12. The van der Waals surface area contributed by atoms with E-state index in [1.807, 2.05) is 11.9 Å². The average Bonchev–Trinajstić information content (AvgIpc) is 3.51. The molecule has 5 aliphatic rings. The van der Waals surface area contributed by atoms with Crippen molar-refractivity contribution in [3.05, 3.63) is 42.4 Å². The molecule has 1 amide bonds. The van der Waals surface area contributed by atoms with Gasteiger partial charge >= 0.3 is 0 Å². The van der Waals surface area contributed by atoms with Crippen LogP contribution >= 0.6 is 0 Å². The molecule has 7 rings (SSSR count). The number of amides is 1. The van der Waals surface area contributed by atoms with E-state index in [0.29, 0.717) is 25.4 Å². The number of carbonyl (C=O) groups excluding carboxylic acids is 1. The zero-order chi connectivity index (χ0) is 29.0. The van der Waals surface area contributed by atoms with Gasteiger partial charge in [-0.2, -0.15) is 5.01 Å². The molecule has 0 radical (unpaired) electrons. The Morgan fingerprint density at radius 3 is 2.79 bits per heavy atom. The van der Waals surface area contributed by atoms with E-state index < -0.39 is 5.60 Å². The van der Waals surface area contributed by atoms with Crippen molar-refractivity contribution >= 4 is 22.5 Å². The van der Waals surface area contributed by atoms with Gasteiger partial charge in [0.2, 0.25) is 5.91 Å². The second kappa shape index (κ2) is 11.2. The van der Waals surface area contributed by atoms with E-state index in [1.54, 1.807) is 5.01 Å². The fourth-order valence-corrected chi connectivity index (χ4v) is 7.78. The van der Waals surface area contributed by atoms with Crippen LogP contribution in [0.1, 0.15) is 57.9 Å². The Bertz CT molecular complexity index is 1340. The maximum absolute atomic E-state index is 15.1. The number of nitrogens with one attached hydrogen (secondary N) is 4. The van der Waals surface area contributed by atoms with Crippen molar-refractivity contribution < 1.29 is 14.3 Å². The Balaban J connectivity index is 1.10. The van der Waals surface area contributed by atoms with E-state index in [9.17, 15) is 9.90 Å². The van der Waals surface area contributed by atoms with Gasteiger partial charge in [0.1, 0.15) is 12.1 Å². The first kappa shape index (κ1) is 28.2. The number of allylic oxidation sites excluding steroid dienone is 1. The number of fused-ring (bicyclic) bond motifs is 7. The van der Waals surface area contributed by atoms with Gasteiger partial charge in [-0.15, -0.1) is 0 Å². The van der Waals surface area contributed by atoms with Crippen LogP contribution in [0, 0.1) is 5.92 Å². The molecule has 6 heterocycles. The van der Waals surface area contributed by atoms with Gasteiger partial charge in [0, 0.05) is 41.4 Å². The average molecular weight is 581 g/mol. The number of carbonyl (C=O) groups is 1. The van der Waals surface area contributed by atoms with Crippen molar-refractivity contribution in [1.82, 2.24) is 35.4 Å². The van der Waals surface area contributed by atoms with Gasteiger partial charge in [-0.25, -0.2) is 4.39 Å². The third-order valence-corrected chi connectivity index (χ3v) is 10.3. The van der Waals surface area contributed by atoms with Crippen LogP contribution in [0.4, 0.5) is 10.1 Å². The second-order valence-electron chi connectivity index (χ2n) is 13.2. The van der Waals surface area contributed by atoms with Crippen LogP contribution in [0.3, 0.4) is 0 Å². The van der Waals surface area contributed by atoms with E-state index in [2.05, 4.69) is 68.2 Å². The quantitative estimate of drug-likeness (QED) is 0.378. The van der Waals surface area contributed by atoms with Crippen molar-refractivity contribution in [1.29, 1.82) is 0 Å². The Kier molecular flexibility index (Phi) is 7.52. The maximum atomic E-state index is 15.1. The lowest BCUT2D eigenvalue weighted by Gasteiger charge is -2.47. The van der Waals surface area contributed by atoms with Gasteiger partial charge in [0.15, 0.2) is 0 Å². The SMILES string of the molecule is CN1CCC(n2ccc3cc(NC4NCC5C(=O)N6C/C(F)=C\CCC(C)(O)C7CCCC(N7)N6C5N4)ccc32)CC1. The summed E-state index contributed by atoms with van der Waals surface area (Å²) in [4.78, 5) is 16.0. The Labute approximate surface area is 247 Å². The summed E-state index contributed by atoms with van der Waals surface area (Å²) in [5.74, 6) is -0.747. The number of hydrogen-bond donors (Lipinski definition) is 5. The smallest absolute Gasteiger partial charge is 0.244 e. The fourth-order valence-electron chi connectivity index (χ4n) is 7.78. The van der Waals surface area contributed by atoms with Crippen molar-refractivity contribution in [2.24, 2.45) is 5.92 Å². The van der Waals surface area contributed by atoms with Gasteiger partial charge in [-0.1, -0.05) is 6.08 Å². The molecule has 6 atom stereocenters. The fraction of sp³-hybridized carbons (Fsp3) is 0.645. The van der Waals surface area contributed by atoms with E-state index >= 15 is 4.39 Å². The maximum Gasteiger partial charge on any atom is 0.244 e. The molecule has 6 unspecified atom stereocenters. The lowest BCUT2D eigenvalue weighted by Crippen LogP contribution is -2.69. The first-order valence-electron chi connectivity index (χ1n) is 15.7. The minimum atomic E-state index is -0.954. The number of piperidine rings is 2. The van der Waals surface area contributed by atoms with Crippen LogP contribution < -0.4 is 21.3 Å². The number of aromatic nitrogens is 1. The largest absolute Gasteiger partial charge is 0.389 e. The van der Waals surface area contributed by atoms with Crippen molar-refractivity contribution in [2.75, 3.05) is 38.5 Å². The molecular formula is C31H45FN8O2. The lowest BCUT2D eigenvalue weighted by molar-refractivity contribution is -0.147. The highest BCUT2D eigenvalue weighted by molar-refractivity contribution is 5.84. The van der Waals surface area contributed by atoms with Crippen LogP contribution in [0.5, 0.6) is 0 Å². The molecule has 5 N–H and O–H groups in total. The Morgan fingerprint density at radius 2 is 1.95 bits per heavy atom. The second-order valence-corrected chi connectivity index (χ2v) is 13.2. The molecule has 2 bridgehead atoms. The summed E-state index contributed by atoms with van der Waals surface area (Å²) in [5.41, 5.74) is 1.29. The first-order valence-corrected chi connectivity index (χ1v) is 15.7. The van der Waals surface area contributed by atoms with Crippen LogP contribution in [0.25, 0.3) is 10.9 Å². The van der Waals surface area contributed by atoms with Crippen LogP contribution in [-0.2, 0) is 4.79 Å². The topological polar surface area (TPSA) is 100 Å². The zero-order valence-corrected chi connectivity index (χ0v) is 24.7. The zero-order valence-electron chi connectivity index (χ0n) is 24.7. The summed E-state index contributed by atoms with van der Waals surface area (Å²) in [5, 5.41) is 30.4. The predicted molar refractivity (Wildman–Crippen MR) is 161 cm³/mol. The molecule has 1 aromatic carbocycles. The molecule has 228 valence electrons. The van der Waals surface area contributed by atoms with Crippen LogP contribution in [0.2, 0.25) is 0 Å². The number of halogens is 1. The Morgan fingerprint density at radius 1 is 1.12 bits per heavy atom. The van der Waals surface area contributed by atoms with Crippen molar-refractivity contribution in [3.63, 3.8) is 0 Å². The van der Waals surface area contributed by atoms with E-state index in [1.165, 1.54) is 29.8 Å². The Hall–Kier alpha value is -2.54. The highest BCUT2D eigenvalue weighted by Gasteiger charge is 2.53. The number of nitrogens with zero attached hydrogens (tertiary/aromatic N) is 4. The number of benzene rings is 1. The summed E-state index contributed by atoms with van der Waals surface area (Å²) in [6.45, 7) is 4.49. The standard InChI is InChI=1S/C31H45FN8O2/c1-31(42)13-4-5-21(32)19-39-29(41)24-18-33-30(36-28(24)40(39)27-7-3-6-26(31)35-27)34-22-8-9-25-20(17-22)10-16-38(25)23-11-14-37(2)15-12-23/h5,8-10,16-17,23-24,26-28,30,33-36,42H,3-4,6-7,11-15,18-19H2,1-2H3/b21-5+. The summed E-state index contributed by atoms with van der Waals surface area (Å²) < 4.78 is 17.5. The number of aliphatic hydroxyl groups is 1. The van der Waals surface area contributed by atoms with Crippen LogP contribution in [0.15, 0.2) is 42.4 Å². The molecule has 4 fully saturated rings. The molecule has 5 aliphatic heterocycles. The summed E-state index contributed by atoms with van der Waals surface area (Å²) in [7, 11) is 2.19. The number of hydrazine groups is 1. The van der Waals surface area contributed by atoms with E-state index in [0.717, 1.165) is 38.0 Å². The van der Waals surface area contributed by atoms with Crippen molar-refractivity contribution in [3.8, 4) is 0 Å². The van der Waals surface area contributed by atoms with Gasteiger partial charge in [-0.05, 0) is 96.3 Å². The molecule has 0 saturated carbocycles. The van der Waals surface area contributed by atoms with Crippen molar-refractivity contribution in [2.45, 2.75) is 88.2 Å². The molecule has 1 aromatic heterocycles. The molecule has 0 spiro atoms. The van der Waals surface area contributed by atoms with Gasteiger partial charge < -0.3 is 19.9 Å². The number of hydrogen-bond acceptors (Lipinski definition) is 8. The number of anilines is 1. The molecule has 0 aliphatic carbocycles. The number of likely N-dealkylation sites (tertiary alicyclic amines) is 1. The number of rotatable bonds is 3. The van der Waals surface area contributed by atoms with E-state index in [4.69, 9.17) is 0 Å². The third kappa shape index (κ3) is 5.24. The monoisotopic (exact) mass is 580 g/mol. The molecular weight excluding hydrogens is 535 g/mol. The lowest BCUT2D eigenvalue weighted by atomic mass is 9.85. The third-order valence-electron chi connectivity index (χ3n) is 10.3.